The Morgan fingerprint density at radius 1 is 1.18 bits per heavy atom. The van der Waals surface area contributed by atoms with Crippen molar-refractivity contribution in [2.24, 2.45) is 0 Å². The predicted molar refractivity (Wildman–Crippen MR) is 157 cm³/mol. The summed E-state index contributed by atoms with van der Waals surface area (Å²) in [6, 6.07) is 8.76. The van der Waals surface area contributed by atoms with Crippen LogP contribution in [0.2, 0.25) is 10.0 Å². The zero-order chi connectivity index (χ0) is 32.3. The molecule has 4 rings (SSSR count). The number of esters is 1. The predicted octanol–water partition coefficient (Wildman–Crippen LogP) is 4.23. The summed E-state index contributed by atoms with van der Waals surface area (Å²) < 4.78 is 64.1. The minimum absolute atomic E-state index is 0.0381. The number of halogens is 4. The molecule has 1 aliphatic heterocycles. The second kappa shape index (κ2) is 13.7. The smallest absolute Gasteiger partial charge is 0.387 e. The van der Waals surface area contributed by atoms with Gasteiger partial charge in [0.05, 0.1) is 4.90 Å². The zero-order valence-corrected chi connectivity index (χ0v) is 26.2. The summed E-state index contributed by atoms with van der Waals surface area (Å²) in [5.74, 6) is -2.35. The third-order valence-electron chi connectivity index (χ3n) is 6.42. The lowest BCUT2D eigenvalue weighted by Gasteiger charge is -2.26. The van der Waals surface area contributed by atoms with E-state index in [1.807, 2.05) is 0 Å². The first-order valence-corrected chi connectivity index (χ1v) is 15.9. The molecule has 2 aromatic carbocycles. The highest BCUT2D eigenvalue weighted by Gasteiger charge is 2.42. The number of phenolic OH excluding ortho intramolecular Hbond substituents is 1. The lowest BCUT2D eigenvalue weighted by atomic mass is 10.0. The molecule has 236 valence electrons. The standard InChI is InChI=1S/C27H25Cl2F2N3O8S2/c1-32(2)24(36)16-4-3-5-17(10-16)44(39,40)34-8-9-43-25(34)26(37)41-23(12-18-19(28)13-33(38)14-20(18)29)15-6-7-22(21(35)11-15)42-27(30)31/h3-7,10-11,13-14,23,25,27,35H,8-9,12H2,1-2H3. The Hall–Kier alpha value is -3.37. The fraction of sp³-hybridized carbons (Fsp3) is 0.296. The molecule has 0 bridgehead atoms. The first-order chi connectivity index (χ1) is 20.7. The summed E-state index contributed by atoms with van der Waals surface area (Å²) in [6.07, 6.45) is 0.528. The van der Waals surface area contributed by atoms with E-state index < -0.39 is 51.5 Å². The number of amides is 1. The van der Waals surface area contributed by atoms with E-state index in [-0.39, 0.29) is 50.3 Å². The number of hydrogen-bond acceptors (Lipinski definition) is 9. The van der Waals surface area contributed by atoms with E-state index in [1.54, 1.807) is 0 Å². The van der Waals surface area contributed by atoms with Gasteiger partial charge in [0.2, 0.25) is 10.0 Å². The molecule has 2 unspecified atom stereocenters. The van der Waals surface area contributed by atoms with Gasteiger partial charge in [0.15, 0.2) is 29.3 Å². The number of nitrogens with zero attached hydrogens (tertiary/aromatic N) is 3. The lowest BCUT2D eigenvalue weighted by Crippen LogP contribution is -2.40. The van der Waals surface area contributed by atoms with E-state index in [0.29, 0.717) is 4.73 Å². The molecule has 0 spiro atoms. The van der Waals surface area contributed by atoms with Crippen LogP contribution in [0.5, 0.6) is 11.5 Å². The minimum atomic E-state index is -4.28. The van der Waals surface area contributed by atoms with Crippen LogP contribution in [0.1, 0.15) is 27.6 Å². The van der Waals surface area contributed by atoms with E-state index in [9.17, 15) is 37.1 Å². The number of phenols is 1. The molecule has 1 N–H and O–H groups in total. The largest absolute Gasteiger partial charge is 0.619 e. The van der Waals surface area contributed by atoms with E-state index >= 15 is 0 Å². The van der Waals surface area contributed by atoms with Gasteiger partial charge < -0.3 is 24.7 Å². The third-order valence-corrected chi connectivity index (χ3v) is 10.2. The molecule has 1 saturated heterocycles. The number of carbonyl (C=O) groups excluding carboxylic acids is 2. The topological polar surface area (TPSA) is 140 Å². The molecule has 1 amide bonds. The van der Waals surface area contributed by atoms with Gasteiger partial charge in [-0.25, -0.2) is 13.2 Å². The average molecular weight is 693 g/mol. The third kappa shape index (κ3) is 7.46. The second-order valence-corrected chi connectivity index (χ2v) is 13.5. The van der Waals surface area contributed by atoms with Gasteiger partial charge in [0.25, 0.3) is 5.91 Å². The molecule has 0 aliphatic carbocycles. The summed E-state index contributed by atoms with van der Waals surface area (Å²) in [4.78, 5) is 27.1. The van der Waals surface area contributed by atoms with Crippen LogP contribution in [-0.2, 0) is 26.0 Å². The van der Waals surface area contributed by atoms with Crippen LogP contribution >= 0.6 is 35.0 Å². The molecule has 44 heavy (non-hydrogen) atoms. The van der Waals surface area contributed by atoms with Gasteiger partial charge in [-0.05, 0) is 35.9 Å². The molecular weight excluding hydrogens is 667 g/mol. The zero-order valence-electron chi connectivity index (χ0n) is 23.0. The molecule has 1 aromatic heterocycles. The molecule has 0 radical (unpaired) electrons. The maximum absolute atomic E-state index is 13.6. The number of ether oxygens (including phenoxy) is 2. The molecule has 1 aliphatic rings. The first-order valence-electron chi connectivity index (χ1n) is 12.7. The molecule has 17 heteroatoms. The van der Waals surface area contributed by atoms with Crippen molar-refractivity contribution >= 4 is 56.9 Å². The van der Waals surface area contributed by atoms with E-state index in [4.69, 9.17) is 27.9 Å². The van der Waals surface area contributed by atoms with Crippen LogP contribution in [0.3, 0.4) is 0 Å². The fourth-order valence-electron chi connectivity index (χ4n) is 4.34. The summed E-state index contributed by atoms with van der Waals surface area (Å²) in [5, 5.41) is 20.6. The summed E-state index contributed by atoms with van der Waals surface area (Å²) in [6.45, 7) is -3.25. The number of benzene rings is 2. The summed E-state index contributed by atoms with van der Waals surface area (Å²) in [7, 11) is -1.23. The van der Waals surface area contributed by atoms with Crippen LogP contribution in [0, 0.1) is 5.21 Å². The number of rotatable bonds is 10. The Kier molecular flexibility index (Phi) is 10.5. The van der Waals surface area contributed by atoms with Crippen molar-refractivity contribution in [1.29, 1.82) is 0 Å². The van der Waals surface area contributed by atoms with Gasteiger partial charge >= 0.3 is 12.6 Å². The highest BCUT2D eigenvalue weighted by molar-refractivity contribution is 8.02. The van der Waals surface area contributed by atoms with E-state index in [2.05, 4.69) is 4.74 Å². The van der Waals surface area contributed by atoms with Gasteiger partial charge in [0, 0.05) is 43.9 Å². The average Bonchev–Trinajstić information content (AvgIpc) is 3.46. The highest BCUT2D eigenvalue weighted by atomic mass is 35.5. The van der Waals surface area contributed by atoms with Gasteiger partial charge in [-0.3, -0.25) is 4.79 Å². The van der Waals surface area contributed by atoms with Crippen LogP contribution in [0.4, 0.5) is 8.78 Å². The number of aromatic hydroxyl groups is 1. The van der Waals surface area contributed by atoms with Crippen molar-refractivity contribution in [2.75, 3.05) is 26.4 Å². The summed E-state index contributed by atoms with van der Waals surface area (Å²) >= 11 is 13.5. The normalized spacial score (nSPS) is 16.1. The Morgan fingerprint density at radius 3 is 2.48 bits per heavy atom. The number of hydrogen-bond donors (Lipinski definition) is 1. The number of thioether (sulfide) groups is 1. The van der Waals surface area contributed by atoms with Crippen molar-refractivity contribution in [1.82, 2.24) is 9.21 Å². The maximum atomic E-state index is 13.6. The number of sulfonamides is 1. The van der Waals surface area contributed by atoms with Crippen molar-refractivity contribution in [2.45, 2.75) is 29.4 Å². The van der Waals surface area contributed by atoms with Gasteiger partial charge in [-0.1, -0.05) is 35.3 Å². The molecule has 0 saturated carbocycles. The van der Waals surface area contributed by atoms with E-state index in [1.165, 1.54) is 49.3 Å². The van der Waals surface area contributed by atoms with Crippen molar-refractivity contribution < 1.29 is 46.1 Å². The van der Waals surface area contributed by atoms with Crippen molar-refractivity contribution in [3.63, 3.8) is 0 Å². The monoisotopic (exact) mass is 691 g/mol. The highest BCUT2D eigenvalue weighted by Crippen LogP contribution is 2.37. The quantitative estimate of drug-likeness (QED) is 0.188. The van der Waals surface area contributed by atoms with Gasteiger partial charge in [0.1, 0.15) is 16.1 Å². The van der Waals surface area contributed by atoms with Crippen molar-refractivity contribution in [3.8, 4) is 11.5 Å². The Labute approximate surface area is 265 Å². The number of carbonyl (C=O) groups is 2. The number of alkyl halides is 2. The Balaban J connectivity index is 1.66. The number of aromatic nitrogens is 1. The van der Waals surface area contributed by atoms with Crippen LogP contribution < -0.4 is 9.47 Å². The van der Waals surface area contributed by atoms with E-state index in [0.717, 1.165) is 40.6 Å². The Bertz CT molecular complexity index is 1660. The number of pyridine rings is 1. The van der Waals surface area contributed by atoms with Gasteiger partial charge in [-0.2, -0.15) is 17.8 Å². The minimum Gasteiger partial charge on any atom is -0.619 e. The molecule has 3 aromatic rings. The fourth-order valence-corrected chi connectivity index (χ4v) is 8.03. The summed E-state index contributed by atoms with van der Waals surface area (Å²) in [5.41, 5.74) is 0.435. The molecule has 1 fully saturated rings. The molecule has 2 heterocycles. The lowest BCUT2D eigenvalue weighted by molar-refractivity contribution is -0.605. The second-order valence-electron chi connectivity index (χ2n) is 9.59. The van der Waals surface area contributed by atoms with Gasteiger partial charge in [-0.15, -0.1) is 11.8 Å². The van der Waals surface area contributed by atoms with Crippen LogP contribution in [-0.4, -0.2) is 73.0 Å². The van der Waals surface area contributed by atoms with Crippen LogP contribution in [0.25, 0.3) is 0 Å². The van der Waals surface area contributed by atoms with Crippen molar-refractivity contribution in [3.05, 3.63) is 86.8 Å². The Morgan fingerprint density at radius 2 is 1.86 bits per heavy atom. The first kappa shape index (κ1) is 33.5. The SMILES string of the molecule is CN(C)C(=O)c1cccc(S(=O)(=O)N2CCSC2C(=O)OC(Cc2c(Cl)c[n+]([O-])cc2Cl)c2ccc(OC(F)F)c(O)c2)c1. The molecule has 2 atom stereocenters. The molecular formula is C27H25Cl2F2N3O8S2. The van der Waals surface area contributed by atoms with Crippen LogP contribution in [0.15, 0.2) is 59.8 Å². The molecule has 11 nitrogen and oxygen atoms in total. The maximum Gasteiger partial charge on any atom is 0.387 e.